The number of aryl methyl sites for hydroxylation is 1. The molecule has 3 nitrogen and oxygen atoms in total. The Labute approximate surface area is 89.3 Å². The average molecular weight is 204 g/mol. The number of aliphatic hydroxyl groups excluding tert-OH is 1. The molecule has 0 bridgehead atoms. The van der Waals surface area contributed by atoms with Gasteiger partial charge in [0.2, 0.25) is 0 Å². The smallest absolute Gasteiger partial charge is 0.0728 e. The molecule has 1 unspecified atom stereocenters. The van der Waals surface area contributed by atoms with Crippen molar-refractivity contribution < 1.29 is 5.11 Å². The van der Waals surface area contributed by atoms with Gasteiger partial charge in [-0.3, -0.25) is 4.68 Å². The van der Waals surface area contributed by atoms with Crippen molar-refractivity contribution in [1.82, 2.24) is 9.78 Å². The second-order valence-corrected chi connectivity index (χ2v) is 3.83. The lowest BCUT2D eigenvalue weighted by molar-refractivity contribution is 0.194. The fourth-order valence-electron chi connectivity index (χ4n) is 1.87. The van der Waals surface area contributed by atoms with Crippen LogP contribution in [-0.2, 0) is 13.0 Å². The molecule has 0 aliphatic carbocycles. The third-order valence-electron chi connectivity index (χ3n) is 2.52. The fourth-order valence-corrected chi connectivity index (χ4v) is 1.87. The third kappa shape index (κ3) is 1.88. The summed E-state index contributed by atoms with van der Waals surface area (Å²) in [5.41, 5.74) is 2.14. The van der Waals surface area contributed by atoms with Crippen molar-refractivity contribution in [3.8, 4) is 0 Å². The van der Waals surface area contributed by atoms with Crippen LogP contribution >= 0.6 is 0 Å². The van der Waals surface area contributed by atoms with Crippen molar-refractivity contribution in [3.63, 3.8) is 0 Å². The van der Waals surface area contributed by atoms with E-state index in [9.17, 15) is 5.11 Å². The van der Waals surface area contributed by atoms with Gasteiger partial charge in [0.05, 0.1) is 17.3 Å². The summed E-state index contributed by atoms with van der Waals surface area (Å²) in [5, 5.41) is 15.1. The van der Waals surface area contributed by atoms with Crippen LogP contribution in [0.25, 0.3) is 10.9 Å². The first kappa shape index (κ1) is 10.2. The Morgan fingerprint density at radius 2 is 2.13 bits per heavy atom. The summed E-state index contributed by atoms with van der Waals surface area (Å²) in [6.45, 7) is 4.73. The van der Waals surface area contributed by atoms with E-state index < -0.39 is 0 Å². The molecule has 1 aromatic carbocycles. The van der Waals surface area contributed by atoms with E-state index in [2.05, 4.69) is 24.2 Å². The van der Waals surface area contributed by atoms with E-state index in [1.807, 2.05) is 16.8 Å². The van der Waals surface area contributed by atoms with E-state index in [4.69, 9.17) is 0 Å². The van der Waals surface area contributed by atoms with Crippen LogP contribution in [0.15, 0.2) is 24.3 Å². The molecule has 3 heteroatoms. The Morgan fingerprint density at radius 1 is 1.40 bits per heavy atom. The summed E-state index contributed by atoms with van der Waals surface area (Å²) in [6, 6.07) is 8.15. The number of hydrogen-bond acceptors (Lipinski definition) is 2. The van der Waals surface area contributed by atoms with Crippen LogP contribution in [0, 0.1) is 0 Å². The molecule has 0 spiro atoms. The Hall–Kier alpha value is -1.35. The van der Waals surface area contributed by atoms with E-state index in [0.717, 1.165) is 23.1 Å². The lowest BCUT2D eigenvalue weighted by atomic mass is 10.1. The summed E-state index contributed by atoms with van der Waals surface area (Å²) >= 11 is 0. The van der Waals surface area contributed by atoms with Crippen molar-refractivity contribution in [1.29, 1.82) is 0 Å². The summed E-state index contributed by atoms with van der Waals surface area (Å²) < 4.78 is 1.98. The first-order chi connectivity index (χ1) is 7.22. The van der Waals surface area contributed by atoms with E-state index in [1.165, 1.54) is 0 Å². The maximum absolute atomic E-state index is 9.40. The monoisotopic (exact) mass is 204 g/mol. The highest BCUT2D eigenvalue weighted by molar-refractivity contribution is 5.81. The van der Waals surface area contributed by atoms with Crippen molar-refractivity contribution in [2.45, 2.75) is 32.9 Å². The number of nitrogens with zero attached hydrogens (tertiary/aromatic N) is 2. The summed E-state index contributed by atoms with van der Waals surface area (Å²) in [7, 11) is 0. The highest BCUT2D eigenvalue weighted by Gasteiger charge is 2.10. The van der Waals surface area contributed by atoms with Crippen LogP contribution < -0.4 is 0 Å². The molecular weight excluding hydrogens is 188 g/mol. The molecule has 0 aliphatic heterocycles. The SMILES string of the molecule is CCn1nc(CC(C)O)c2ccccc21. The van der Waals surface area contributed by atoms with Crippen molar-refractivity contribution in [3.05, 3.63) is 30.0 Å². The van der Waals surface area contributed by atoms with E-state index >= 15 is 0 Å². The van der Waals surface area contributed by atoms with E-state index in [-0.39, 0.29) is 6.10 Å². The van der Waals surface area contributed by atoms with E-state index in [1.54, 1.807) is 6.92 Å². The molecule has 1 heterocycles. The molecule has 0 saturated carbocycles. The highest BCUT2D eigenvalue weighted by atomic mass is 16.3. The molecule has 80 valence electrons. The van der Waals surface area contributed by atoms with Crippen molar-refractivity contribution >= 4 is 10.9 Å². The molecule has 2 aromatic rings. The number of hydrogen-bond donors (Lipinski definition) is 1. The standard InChI is InChI=1S/C12H16N2O/c1-3-14-12-7-5-4-6-10(12)11(13-14)8-9(2)15/h4-7,9,15H,3,8H2,1-2H3. The van der Waals surface area contributed by atoms with Crippen LogP contribution in [0.1, 0.15) is 19.5 Å². The number of aliphatic hydroxyl groups is 1. The first-order valence-electron chi connectivity index (χ1n) is 5.35. The molecule has 1 aromatic heterocycles. The Balaban J connectivity index is 2.55. The number of fused-ring (bicyclic) bond motifs is 1. The zero-order valence-electron chi connectivity index (χ0n) is 9.14. The minimum Gasteiger partial charge on any atom is -0.393 e. The van der Waals surface area contributed by atoms with Gasteiger partial charge in [0.1, 0.15) is 0 Å². The van der Waals surface area contributed by atoms with Gasteiger partial charge < -0.3 is 5.11 Å². The fraction of sp³-hybridized carbons (Fsp3) is 0.417. The second kappa shape index (κ2) is 4.03. The van der Waals surface area contributed by atoms with Crippen molar-refractivity contribution in [2.24, 2.45) is 0 Å². The van der Waals surface area contributed by atoms with Gasteiger partial charge in [-0.2, -0.15) is 5.10 Å². The number of aromatic nitrogens is 2. The minimum absolute atomic E-state index is 0.339. The Morgan fingerprint density at radius 3 is 2.80 bits per heavy atom. The quantitative estimate of drug-likeness (QED) is 0.830. The van der Waals surface area contributed by atoms with E-state index in [0.29, 0.717) is 6.42 Å². The summed E-state index contributed by atoms with van der Waals surface area (Å²) in [6.07, 6.45) is 0.279. The van der Waals surface area contributed by atoms with Gasteiger partial charge in [0.15, 0.2) is 0 Å². The molecular formula is C12H16N2O. The lowest BCUT2D eigenvalue weighted by Crippen LogP contribution is -2.06. The van der Waals surface area contributed by atoms with Crippen LogP contribution in [-0.4, -0.2) is 21.0 Å². The Bertz CT molecular complexity index is 460. The normalized spacial score (nSPS) is 13.3. The molecule has 2 rings (SSSR count). The Kier molecular flexibility index (Phi) is 2.73. The molecule has 0 amide bonds. The van der Waals surface area contributed by atoms with Gasteiger partial charge in [-0.15, -0.1) is 0 Å². The van der Waals surface area contributed by atoms with Crippen molar-refractivity contribution in [2.75, 3.05) is 0 Å². The first-order valence-corrected chi connectivity index (χ1v) is 5.35. The number of para-hydroxylation sites is 1. The van der Waals surface area contributed by atoms with Gasteiger partial charge >= 0.3 is 0 Å². The molecule has 0 aliphatic rings. The van der Waals surface area contributed by atoms with Gasteiger partial charge in [-0.1, -0.05) is 18.2 Å². The molecule has 0 radical (unpaired) electrons. The number of benzene rings is 1. The second-order valence-electron chi connectivity index (χ2n) is 3.83. The maximum atomic E-state index is 9.40. The van der Waals surface area contributed by atoms with Gasteiger partial charge in [0.25, 0.3) is 0 Å². The maximum Gasteiger partial charge on any atom is 0.0728 e. The minimum atomic E-state index is -0.339. The third-order valence-corrected chi connectivity index (χ3v) is 2.52. The molecule has 0 fully saturated rings. The molecule has 15 heavy (non-hydrogen) atoms. The van der Waals surface area contributed by atoms with Crippen LogP contribution in [0.4, 0.5) is 0 Å². The molecule has 1 atom stereocenters. The largest absolute Gasteiger partial charge is 0.393 e. The summed E-state index contributed by atoms with van der Waals surface area (Å²) in [5.74, 6) is 0. The van der Waals surface area contributed by atoms with Gasteiger partial charge in [0, 0.05) is 18.4 Å². The van der Waals surface area contributed by atoms with Crippen LogP contribution in [0.5, 0.6) is 0 Å². The van der Waals surface area contributed by atoms with Crippen LogP contribution in [0.2, 0.25) is 0 Å². The van der Waals surface area contributed by atoms with Gasteiger partial charge in [-0.25, -0.2) is 0 Å². The predicted octanol–water partition coefficient (Wildman–Crippen LogP) is 1.98. The van der Waals surface area contributed by atoms with Gasteiger partial charge in [-0.05, 0) is 19.9 Å². The summed E-state index contributed by atoms with van der Waals surface area (Å²) in [4.78, 5) is 0. The zero-order valence-corrected chi connectivity index (χ0v) is 9.14. The molecule has 0 saturated heterocycles. The van der Waals surface area contributed by atoms with Crippen LogP contribution in [0.3, 0.4) is 0 Å². The lowest BCUT2D eigenvalue weighted by Gasteiger charge is -1.99. The predicted molar refractivity (Wildman–Crippen MR) is 60.8 cm³/mol. The highest BCUT2D eigenvalue weighted by Crippen LogP contribution is 2.19. The molecule has 1 N–H and O–H groups in total. The zero-order chi connectivity index (χ0) is 10.8. The average Bonchev–Trinajstić information content (AvgIpc) is 2.56. The topological polar surface area (TPSA) is 38.0 Å². The number of rotatable bonds is 3.